The summed E-state index contributed by atoms with van der Waals surface area (Å²) < 4.78 is 15.7. The summed E-state index contributed by atoms with van der Waals surface area (Å²) in [5.74, 6) is 0.398. The van der Waals surface area contributed by atoms with Crippen molar-refractivity contribution in [1.29, 1.82) is 0 Å². The summed E-state index contributed by atoms with van der Waals surface area (Å²) in [7, 11) is 0. The Balaban J connectivity index is 0.000000195. The highest BCUT2D eigenvalue weighted by Gasteiger charge is 2.15. The van der Waals surface area contributed by atoms with Crippen LogP contribution in [-0.2, 0) is 13.1 Å². The van der Waals surface area contributed by atoms with E-state index in [1.54, 1.807) is 23.0 Å². The first-order valence-electron chi connectivity index (χ1n) is 12.3. The molecule has 3 N–H and O–H groups in total. The van der Waals surface area contributed by atoms with E-state index in [2.05, 4.69) is 60.6 Å². The number of likely N-dealkylation sites (tertiary alicyclic amines) is 1. The van der Waals surface area contributed by atoms with Gasteiger partial charge in [0.2, 0.25) is 5.82 Å². The molecule has 0 bridgehead atoms. The van der Waals surface area contributed by atoms with Crippen molar-refractivity contribution in [2.45, 2.75) is 25.9 Å². The Hall–Kier alpha value is -4.21. The van der Waals surface area contributed by atoms with E-state index in [0.717, 1.165) is 18.3 Å². The highest BCUT2D eigenvalue weighted by molar-refractivity contribution is 5.78. The first-order valence-corrected chi connectivity index (χ1v) is 12.3. The van der Waals surface area contributed by atoms with Crippen molar-refractivity contribution >= 4 is 17.0 Å². The van der Waals surface area contributed by atoms with Crippen LogP contribution in [0.15, 0.2) is 85.5 Å². The molecule has 37 heavy (non-hydrogen) atoms. The van der Waals surface area contributed by atoms with Crippen molar-refractivity contribution in [3.8, 4) is 11.5 Å². The van der Waals surface area contributed by atoms with Crippen molar-refractivity contribution in [3.05, 3.63) is 102 Å². The third-order valence-corrected chi connectivity index (χ3v) is 6.18. The molecule has 0 radical (unpaired) electrons. The van der Waals surface area contributed by atoms with Gasteiger partial charge in [-0.3, -0.25) is 14.9 Å². The fourth-order valence-corrected chi connectivity index (χ4v) is 4.33. The summed E-state index contributed by atoms with van der Waals surface area (Å²) >= 11 is 0. The van der Waals surface area contributed by atoms with Crippen molar-refractivity contribution in [3.63, 3.8) is 0 Å². The lowest BCUT2D eigenvalue weighted by molar-refractivity contribution is 0.331. The fraction of sp³-hybridized carbons (Fsp3) is 0.214. The lowest BCUT2D eigenvalue weighted by Gasteiger charge is -2.13. The molecule has 9 heteroatoms. The Morgan fingerprint density at radius 2 is 1.76 bits per heavy atom. The molecule has 6 rings (SSSR count). The molecule has 1 aliphatic rings. The summed E-state index contributed by atoms with van der Waals surface area (Å²) in [6.45, 7) is 4.03. The second-order valence-electron chi connectivity index (χ2n) is 8.79. The van der Waals surface area contributed by atoms with E-state index in [1.807, 2.05) is 24.3 Å². The Labute approximate surface area is 215 Å². The number of rotatable bonds is 6. The van der Waals surface area contributed by atoms with Gasteiger partial charge < -0.3 is 11.1 Å². The highest BCUT2D eigenvalue weighted by Crippen LogP contribution is 2.26. The van der Waals surface area contributed by atoms with Crippen LogP contribution in [0, 0.1) is 5.82 Å². The number of anilines is 2. The first kappa shape index (κ1) is 24.5. The molecule has 0 amide bonds. The minimum atomic E-state index is -0.473. The topological polar surface area (TPSA) is 97.3 Å². The minimum absolute atomic E-state index is 0.270. The van der Waals surface area contributed by atoms with E-state index >= 15 is 0 Å². The number of hydrogen-bond donors (Lipinski definition) is 2. The van der Waals surface area contributed by atoms with Gasteiger partial charge in [0.25, 0.3) is 0 Å². The smallest absolute Gasteiger partial charge is 0.200 e. The number of fused-ring (bicyclic) bond motifs is 1. The van der Waals surface area contributed by atoms with Crippen LogP contribution >= 0.6 is 0 Å². The van der Waals surface area contributed by atoms with E-state index in [-0.39, 0.29) is 5.69 Å². The Morgan fingerprint density at radius 1 is 0.946 bits per heavy atom. The van der Waals surface area contributed by atoms with Crippen LogP contribution in [0.1, 0.15) is 24.0 Å². The maximum absolute atomic E-state index is 14.0. The molecular formula is C28H29FN8. The van der Waals surface area contributed by atoms with Crippen LogP contribution in [0.3, 0.4) is 0 Å². The van der Waals surface area contributed by atoms with Gasteiger partial charge in [-0.15, -0.1) is 5.10 Å². The maximum Gasteiger partial charge on any atom is 0.200 e. The Bertz CT molecular complexity index is 1430. The summed E-state index contributed by atoms with van der Waals surface area (Å²) in [6.07, 6.45) is 8.87. The van der Waals surface area contributed by atoms with Gasteiger partial charge in [-0.05, 0) is 61.3 Å². The van der Waals surface area contributed by atoms with Crippen LogP contribution in [0.2, 0.25) is 0 Å². The van der Waals surface area contributed by atoms with Gasteiger partial charge in [-0.2, -0.15) is 0 Å². The molecule has 4 aromatic heterocycles. The van der Waals surface area contributed by atoms with E-state index < -0.39 is 5.82 Å². The van der Waals surface area contributed by atoms with Crippen LogP contribution in [-0.4, -0.2) is 42.6 Å². The molecule has 0 unspecified atom stereocenters. The molecule has 1 aromatic carbocycles. The molecule has 0 aliphatic carbocycles. The predicted octanol–water partition coefficient (Wildman–Crippen LogP) is 4.81. The van der Waals surface area contributed by atoms with Crippen molar-refractivity contribution in [1.82, 2.24) is 29.5 Å². The number of hydrogen-bond acceptors (Lipinski definition) is 7. The average Bonchev–Trinajstić information content (AvgIpc) is 3.61. The number of benzene rings is 1. The molecule has 0 spiro atoms. The number of nitrogens with one attached hydrogen (secondary N) is 1. The standard InChI is InChI=1S/C17H14FN7.C11H15N/c18-12-10-20-7-4-13(12)22-17-15-11(9-19)5-8-25(15)24-16(23-17)14-3-1-2-6-21-14;1-2-6-11(7-3-1)10-12-8-4-5-9-12/h1-8,10H,9,19H2,(H,20,22,23,24);1-3,6-7H,4-5,8-10H2. The van der Waals surface area contributed by atoms with Gasteiger partial charge >= 0.3 is 0 Å². The SMILES string of the molecule is NCc1ccn2nc(-c3ccccn3)nc(Nc3ccncc3F)c12.c1ccc(CN2CCCC2)cc1. The minimum Gasteiger partial charge on any atom is -0.336 e. The molecule has 188 valence electrons. The molecule has 1 saturated heterocycles. The van der Waals surface area contributed by atoms with Crippen molar-refractivity contribution in [2.24, 2.45) is 5.73 Å². The molecule has 8 nitrogen and oxygen atoms in total. The van der Waals surface area contributed by atoms with E-state index in [1.165, 1.54) is 37.7 Å². The summed E-state index contributed by atoms with van der Waals surface area (Å²) in [5, 5.41) is 7.50. The second kappa shape index (κ2) is 11.7. The lowest BCUT2D eigenvalue weighted by atomic mass is 10.2. The number of halogens is 1. The van der Waals surface area contributed by atoms with E-state index in [0.29, 0.717) is 29.4 Å². The van der Waals surface area contributed by atoms with Crippen LogP contribution in [0.5, 0.6) is 0 Å². The quantitative estimate of drug-likeness (QED) is 0.348. The molecular weight excluding hydrogens is 467 g/mol. The van der Waals surface area contributed by atoms with Gasteiger partial charge in [0, 0.05) is 31.7 Å². The fourth-order valence-electron chi connectivity index (χ4n) is 4.33. The monoisotopic (exact) mass is 496 g/mol. The van der Waals surface area contributed by atoms with Gasteiger partial charge in [-0.25, -0.2) is 13.9 Å². The lowest BCUT2D eigenvalue weighted by Crippen LogP contribution is -2.18. The zero-order valence-electron chi connectivity index (χ0n) is 20.5. The first-order chi connectivity index (χ1) is 18.2. The van der Waals surface area contributed by atoms with Crippen LogP contribution < -0.4 is 11.1 Å². The number of aromatic nitrogens is 5. The zero-order chi connectivity index (χ0) is 25.5. The number of pyridine rings is 2. The predicted molar refractivity (Wildman–Crippen MR) is 143 cm³/mol. The van der Waals surface area contributed by atoms with Gasteiger partial charge in [0.05, 0.1) is 11.9 Å². The Kier molecular flexibility index (Phi) is 7.73. The van der Waals surface area contributed by atoms with Crippen molar-refractivity contribution in [2.75, 3.05) is 18.4 Å². The summed E-state index contributed by atoms with van der Waals surface area (Å²) in [5.41, 5.74) is 9.68. The van der Waals surface area contributed by atoms with E-state index in [4.69, 9.17) is 5.73 Å². The van der Waals surface area contributed by atoms with Gasteiger partial charge in [0.1, 0.15) is 11.2 Å². The molecule has 5 heterocycles. The third-order valence-electron chi connectivity index (χ3n) is 6.18. The third kappa shape index (κ3) is 5.96. The normalized spacial score (nSPS) is 13.4. The Morgan fingerprint density at radius 3 is 2.49 bits per heavy atom. The molecule has 5 aromatic rings. The molecule has 1 fully saturated rings. The summed E-state index contributed by atoms with van der Waals surface area (Å²) in [6, 6.07) is 19.6. The number of nitrogens with zero attached hydrogens (tertiary/aromatic N) is 6. The van der Waals surface area contributed by atoms with E-state index in [9.17, 15) is 4.39 Å². The summed E-state index contributed by atoms with van der Waals surface area (Å²) in [4.78, 5) is 15.1. The molecule has 0 atom stereocenters. The van der Waals surface area contributed by atoms with Crippen LogP contribution in [0.25, 0.3) is 17.0 Å². The largest absolute Gasteiger partial charge is 0.336 e. The van der Waals surface area contributed by atoms with Gasteiger partial charge in [0.15, 0.2) is 11.6 Å². The van der Waals surface area contributed by atoms with Gasteiger partial charge in [-0.1, -0.05) is 36.4 Å². The molecule has 0 saturated carbocycles. The molecule has 1 aliphatic heterocycles. The van der Waals surface area contributed by atoms with Crippen LogP contribution in [0.4, 0.5) is 15.9 Å². The zero-order valence-corrected chi connectivity index (χ0v) is 20.5. The van der Waals surface area contributed by atoms with Crippen molar-refractivity contribution < 1.29 is 4.39 Å². The highest BCUT2D eigenvalue weighted by atomic mass is 19.1. The maximum atomic E-state index is 14.0. The average molecular weight is 497 g/mol. The second-order valence-corrected chi connectivity index (χ2v) is 8.79. The number of nitrogens with two attached hydrogens (primary N) is 1.